The lowest BCUT2D eigenvalue weighted by molar-refractivity contribution is 0.489. The quantitative estimate of drug-likeness (QED) is 0.846. The highest BCUT2D eigenvalue weighted by atomic mass is 19.1. The summed E-state index contributed by atoms with van der Waals surface area (Å²) < 4.78 is 18.7. The Bertz CT molecular complexity index is 465. The van der Waals surface area contributed by atoms with Gasteiger partial charge in [0.05, 0.1) is 18.0 Å². The third-order valence-electron chi connectivity index (χ3n) is 2.46. The number of nitrogens with one attached hydrogen (secondary N) is 1. The minimum Gasteiger partial charge on any atom is -0.467 e. The molecule has 1 aromatic heterocycles. The van der Waals surface area contributed by atoms with Gasteiger partial charge in [-0.1, -0.05) is 6.07 Å². The monoisotopic (exact) mass is 219 g/mol. The number of anilines is 1. The summed E-state index contributed by atoms with van der Waals surface area (Å²) in [7, 11) is 0. The van der Waals surface area contributed by atoms with Crippen LogP contribution < -0.4 is 5.32 Å². The van der Waals surface area contributed by atoms with Crippen molar-refractivity contribution in [3.63, 3.8) is 0 Å². The van der Waals surface area contributed by atoms with Crippen molar-refractivity contribution in [2.24, 2.45) is 0 Å². The number of hydrogen-bond donors (Lipinski definition) is 1. The number of halogens is 1. The second kappa shape index (κ2) is 4.39. The Kier molecular flexibility index (Phi) is 2.95. The van der Waals surface area contributed by atoms with Crippen LogP contribution in [0.5, 0.6) is 0 Å². The molecule has 0 saturated carbocycles. The van der Waals surface area contributed by atoms with Crippen LogP contribution >= 0.6 is 0 Å². The fraction of sp³-hybridized carbons (Fsp3) is 0.231. The fourth-order valence-electron chi connectivity index (χ4n) is 1.59. The van der Waals surface area contributed by atoms with Crippen molar-refractivity contribution in [1.29, 1.82) is 0 Å². The van der Waals surface area contributed by atoms with Gasteiger partial charge in [-0.3, -0.25) is 0 Å². The van der Waals surface area contributed by atoms with E-state index in [1.54, 1.807) is 18.4 Å². The van der Waals surface area contributed by atoms with Crippen molar-refractivity contribution in [2.75, 3.05) is 5.32 Å². The Morgan fingerprint density at radius 3 is 2.81 bits per heavy atom. The van der Waals surface area contributed by atoms with Crippen molar-refractivity contribution in [2.45, 2.75) is 19.9 Å². The third-order valence-corrected chi connectivity index (χ3v) is 2.46. The molecule has 2 rings (SSSR count). The number of furan rings is 1. The molecule has 1 atom stereocenters. The van der Waals surface area contributed by atoms with E-state index in [1.807, 2.05) is 26.0 Å². The van der Waals surface area contributed by atoms with Crippen LogP contribution in [0.15, 0.2) is 41.0 Å². The Morgan fingerprint density at radius 1 is 1.31 bits per heavy atom. The highest BCUT2D eigenvalue weighted by Crippen LogP contribution is 2.22. The van der Waals surface area contributed by atoms with Crippen LogP contribution in [0.4, 0.5) is 10.1 Å². The number of benzene rings is 1. The van der Waals surface area contributed by atoms with Crippen molar-refractivity contribution in [3.05, 3.63) is 53.7 Å². The van der Waals surface area contributed by atoms with E-state index in [-0.39, 0.29) is 11.9 Å². The first-order valence-electron chi connectivity index (χ1n) is 5.23. The van der Waals surface area contributed by atoms with E-state index in [2.05, 4.69) is 5.32 Å². The Morgan fingerprint density at radius 2 is 2.12 bits per heavy atom. The fourth-order valence-corrected chi connectivity index (χ4v) is 1.59. The average molecular weight is 219 g/mol. The summed E-state index contributed by atoms with van der Waals surface area (Å²) in [5.41, 5.74) is 1.53. The summed E-state index contributed by atoms with van der Waals surface area (Å²) in [6.07, 6.45) is 1.61. The predicted molar refractivity (Wildman–Crippen MR) is 61.9 cm³/mol. The molecule has 1 N–H and O–H groups in total. The number of hydrogen-bond acceptors (Lipinski definition) is 2. The standard InChI is InChI=1S/C13H14FNO/c1-9-5-6-11(14)12(8-9)15-10(2)13-4-3-7-16-13/h3-8,10,15H,1-2H3. The van der Waals surface area contributed by atoms with Crippen LogP contribution in [-0.2, 0) is 0 Å². The van der Waals surface area contributed by atoms with Gasteiger partial charge in [-0.2, -0.15) is 0 Å². The lowest BCUT2D eigenvalue weighted by atomic mass is 10.2. The maximum Gasteiger partial charge on any atom is 0.146 e. The molecular formula is C13H14FNO. The summed E-state index contributed by atoms with van der Waals surface area (Å²) in [5, 5.41) is 3.08. The summed E-state index contributed by atoms with van der Waals surface area (Å²) >= 11 is 0. The van der Waals surface area contributed by atoms with E-state index in [4.69, 9.17) is 4.42 Å². The average Bonchev–Trinajstić information content (AvgIpc) is 2.76. The Balaban J connectivity index is 2.17. The maximum absolute atomic E-state index is 13.5. The first-order chi connectivity index (χ1) is 7.66. The van der Waals surface area contributed by atoms with Gasteiger partial charge in [0.2, 0.25) is 0 Å². The molecule has 0 spiro atoms. The van der Waals surface area contributed by atoms with Crippen LogP contribution in [0.3, 0.4) is 0 Å². The highest BCUT2D eigenvalue weighted by molar-refractivity contribution is 5.48. The van der Waals surface area contributed by atoms with E-state index in [0.29, 0.717) is 5.69 Å². The molecule has 0 fully saturated rings. The minimum absolute atomic E-state index is 0.0497. The van der Waals surface area contributed by atoms with Gasteiger partial charge in [0.25, 0.3) is 0 Å². The summed E-state index contributed by atoms with van der Waals surface area (Å²) in [4.78, 5) is 0. The van der Waals surface area contributed by atoms with Gasteiger partial charge in [-0.25, -0.2) is 4.39 Å². The van der Waals surface area contributed by atoms with Gasteiger partial charge in [-0.05, 0) is 43.7 Å². The van der Waals surface area contributed by atoms with E-state index in [9.17, 15) is 4.39 Å². The first-order valence-corrected chi connectivity index (χ1v) is 5.23. The zero-order chi connectivity index (χ0) is 11.5. The third kappa shape index (κ3) is 2.24. The molecule has 1 heterocycles. The lowest BCUT2D eigenvalue weighted by Gasteiger charge is -2.14. The number of aryl methyl sites for hydroxylation is 1. The van der Waals surface area contributed by atoms with Crippen LogP contribution in [-0.4, -0.2) is 0 Å². The molecule has 0 saturated heterocycles. The molecule has 0 radical (unpaired) electrons. The smallest absolute Gasteiger partial charge is 0.146 e. The zero-order valence-corrected chi connectivity index (χ0v) is 9.33. The Hall–Kier alpha value is -1.77. The van der Waals surface area contributed by atoms with Crippen LogP contribution in [0, 0.1) is 12.7 Å². The van der Waals surface area contributed by atoms with Gasteiger partial charge in [-0.15, -0.1) is 0 Å². The van der Waals surface area contributed by atoms with Crippen LogP contribution in [0.1, 0.15) is 24.3 Å². The van der Waals surface area contributed by atoms with E-state index < -0.39 is 0 Å². The molecule has 0 aliphatic heterocycles. The highest BCUT2D eigenvalue weighted by Gasteiger charge is 2.10. The Labute approximate surface area is 94.1 Å². The molecule has 3 heteroatoms. The SMILES string of the molecule is Cc1ccc(F)c(NC(C)c2ccco2)c1. The van der Waals surface area contributed by atoms with Crippen molar-refractivity contribution < 1.29 is 8.81 Å². The molecule has 0 amide bonds. The van der Waals surface area contributed by atoms with Gasteiger partial charge in [0.15, 0.2) is 0 Å². The van der Waals surface area contributed by atoms with Gasteiger partial charge in [0.1, 0.15) is 11.6 Å². The van der Waals surface area contributed by atoms with E-state index >= 15 is 0 Å². The van der Waals surface area contributed by atoms with Crippen molar-refractivity contribution in [3.8, 4) is 0 Å². The van der Waals surface area contributed by atoms with Gasteiger partial charge in [0, 0.05) is 0 Å². The number of rotatable bonds is 3. The first kappa shape index (κ1) is 10.7. The lowest BCUT2D eigenvalue weighted by Crippen LogP contribution is -2.07. The predicted octanol–water partition coefficient (Wildman–Crippen LogP) is 3.90. The van der Waals surface area contributed by atoms with Crippen molar-refractivity contribution >= 4 is 5.69 Å². The summed E-state index contributed by atoms with van der Waals surface area (Å²) in [5.74, 6) is 0.546. The molecule has 1 unspecified atom stereocenters. The molecule has 0 bridgehead atoms. The van der Waals surface area contributed by atoms with Gasteiger partial charge < -0.3 is 9.73 Å². The minimum atomic E-state index is -0.246. The molecule has 0 aliphatic carbocycles. The van der Waals surface area contributed by atoms with E-state index in [0.717, 1.165) is 11.3 Å². The summed E-state index contributed by atoms with van der Waals surface area (Å²) in [6, 6.07) is 8.64. The molecule has 0 aliphatic rings. The topological polar surface area (TPSA) is 25.2 Å². The molecule has 2 nitrogen and oxygen atoms in total. The second-order valence-electron chi connectivity index (χ2n) is 3.86. The molecule has 2 aromatic rings. The largest absolute Gasteiger partial charge is 0.467 e. The second-order valence-corrected chi connectivity index (χ2v) is 3.86. The summed E-state index contributed by atoms with van der Waals surface area (Å²) in [6.45, 7) is 3.86. The molecule has 1 aromatic carbocycles. The molecule has 16 heavy (non-hydrogen) atoms. The van der Waals surface area contributed by atoms with Crippen molar-refractivity contribution in [1.82, 2.24) is 0 Å². The zero-order valence-electron chi connectivity index (χ0n) is 9.33. The molecule has 84 valence electrons. The van der Waals surface area contributed by atoms with E-state index in [1.165, 1.54) is 6.07 Å². The van der Waals surface area contributed by atoms with Crippen LogP contribution in [0.25, 0.3) is 0 Å². The normalized spacial score (nSPS) is 12.4. The van der Waals surface area contributed by atoms with Crippen LogP contribution in [0.2, 0.25) is 0 Å². The molecular weight excluding hydrogens is 205 g/mol. The maximum atomic E-state index is 13.5. The van der Waals surface area contributed by atoms with Gasteiger partial charge >= 0.3 is 0 Å².